The summed E-state index contributed by atoms with van der Waals surface area (Å²) in [6.45, 7) is 3.00. The Morgan fingerprint density at radius 3 is 2.89 bits per heavy atom. The summed E-state index contributed by atoms with van der Waals surface area (Å²) in [5, 5.41) is 12.1. The Balaban J connectivity index is 2.45. The minimum atomic E-state index is -0.0650. The lowest BCUT2D eigenvalue weighted by atomic mass is 10.1. The number of aromatic nitrogens is 4. The molecule has 5 nitrogen and oxygen atoms in total. The maximum atomic E-state index is 6.25. The van der Waals surface area contributed by atoms with Gasteiger partial charge in [-0.3, -0.25) is 4.98 Å². The highest BCUT2D eigenvalue weighted by molar-refractivity contribution is 9.10. The van der Waals surface area contributed by atoms with Crippen LogP contribution in [0.2, 0.25) is 5.02 Å². The molecule has 102 valence electrons. The number of hydrogen-bond acceptors (Lipinski definition) is 4. The van der Waals surface area contributed by atoms with Gasteiger partial charge in [-0.2, -0.15) is 0 Å². The average molecular weight is 345 g/mol. The predicted octanol–water partition coefficient (Wildman–Crippen LogP) is 2.72. The predicted molar refractivity (Wildman–Crippen MR) is 78.1 cm³/mol. The molecule has 0 radical (unpaired) electrons. The monoisotopic (exact) mass is 343 g/mol. The molecular formula is C12H15BrClN5. The van der Waals surface area contributed by atoms with Gasteiger partial charge in [0.25, 0.3) is 0 Å². The van der Waals surface area contributed by atoms with Crippen molar-refractivity contribution in [1.29, 1.82) is 0 Å². The van der Waals surface area contributed by atoms with E-state index in [-0.39, 0.29) is 6.04 Å². The molecule has 0 saturated carbocycles. The third-order valence-corrected chi connectivity index (χ3v) is 3.69. The van der Waals surface area contributed by atoms with Gasteiger partial charge in [0, 0.05) is 19.4 Å². The van der Waals surface area contributed by atoms with Crippen molar-refractivity contribution in [3.8, 4) is 0 Å². The number of hydrogen-bond donors (Lipinski definition) is 1. The van der Waals surface area contributed by atoms with Crippen LogP contribution in [0, 0.1) is 0 Å². The maximum Gasteiger partial charge on any atom is 0.153 e. The molecule has 0 aliphatic heterocycles. The fraction of sp³-hybridized carbons (Fsp3) is 0.417. The molecule has 0 aliphatic carbocycles. The first-order valence-electron chi connectivity index (χ1n) is 6.03. The van der Waals surface area contributed by atoms with Crippen LogP contribution >= 0.6 is 27.5 Å². The summed E-state index contributed by atoms with van der Waals surface area (Å²) < 4.78 is 2.46. The van der Waals surface area contributed by atoms with Crippen LogP contribution in [0.4, 0.5) is 0 Å². The molecule has 7 heteroatoms. The fourth-order valence-electron chi connectivity index (χ4n) is 1.91. The molecule has 0 amide bonds. The average Bonchev–Trinajstić information content (AvgIpc) is 2.73. The smallest absolute Gasteiger partial charge is 0.153 e. The molecule has 19 heavy (non-hydrogen) atoms. The normalized spacial score (nSPS) is 12.6. The van der Waals surface area contributed by atoms with E-state index >= 15 is 0 Å². The minimum Gasteiger partial charge on any atom is -0.305 e. The number of halogens is 2. The third-order valence-electron chi connectivity index (χ3n) is 2.81. The molecule has 0 bridgehead atoms. The lowest BCUT2D eigenvalue weighted by Crippen LogP contribution is -2.26. The molecule has 0 saturated heterocycles. The molecule has 0 spiro atoms. The van der Waals surface area contributed by atoms with Crippen LogP contribution < -0.4 is 5.32 Å². The fourth-order valence-corrected chi connectivity index (χ4v) is 2.69. The highest BCUT2D eigenvalue weighted by Crippen LogP contribution is 2.30. The van der Waals surface area contributed by atoms with Crippen LogP contribution in [-0.4, -0.2) is 26.5 Å². The molecule has 0 aromatic carbocycles. The number of nitrogens with zero attached hydrogens (tertiary/aromatic N) is 4. The molecule has 2 aromatic heterocycles. The van der Waals surface area contributed by atoms with Gasteiger partial charge < -0.3 is 5.32 Å². The van der Waals surface area contributed by atoms with E-state index in [2.05, 4.69) is 43.5 Å². The summed E-state index contributed by atoms with van der Waals surface area (Å²) >= 11 is 9.69. The Hall–Kier alpha value is -0.980. The van der Waals surface area contributed by atoms with E-state index in [1.807, 2.05) is 13.1 Å². The van der Waals surface area contributed by atoms with Gasteiger partial charge in [-0.15, -0.1) is 5.10 Å². The summed E-state index contributed by atoms with van der Waals surface area (Å²) in [4.78, 5) is 4.02. The first-order chi connectivity index (χ1) is 9.15. The van der Waals surface area contributed by atoms with Gasteiger partial charge in [0.2, 0.25) is 0 Å². The highest BCUT2D eigenvalue weighted by atomic mass is 79.9. The van der Waals surface area contributed by atoms with Crippen LogP contribution in [0.25, 0.3) is 0 Å². The van der Waals surface area contributed by atoms with Crippen molar-refractivity contribution in [2.45, 2.75) is 19.4 Å². The molecule has 0 fully saturated rings. The van der Waals surface area contributed by atoms with E-state index in [9.17, 15) is 0 Å². The second-order valence-electron chi connectivity index (χ2n) is 4.17. The molecule has 1 N–H and O–H groups in total. The molecule has 1 atom stereocenters. The first-order valence-corrected chi connectivity index (χ1v) is 7.20. The Labute approximate surface area is 125 Å². The minimum absolute atomic E-state index is 0.0650. The van der Waals surface area contributed by atoms with Crippen LogP contribution in [0.1, 0.15) is 30.6 Å². The molecular weight excluding hydrogens is 330 g/mol. The quantitative estimate of drug-likeness (QED) is 0.906. The second-order valence-corrected chi connectivity index (χ2v) is 5.33. The van der Waals surface area contributed by atoms with Gasteiger partial charge in [-0.1, -0.05) is 23.7 Å². The zero-order valence-electron chi connectivity index (χ0n) is 10.8. The van der Waals surface area contributed by atoms with E-state index in [1.165, 1.54) is 0 Å². The SMILES string of the molecule is CCCNC(c1ccncc1Cl)c1c(Br)nnn1C. The van der Waals surface area contributed by atoms with Gasteiger partial charge in [0.05, 0.1) is 16.8 Å². The van der Waals surface area contributed by atoms with Crippen LogP contribution in [0.15, 0.2) is 23.1 Å². The van der Waals surface area contributed by atoms with Gasteiger partial charge in [0.1, 0.15) is 0 Å². The van der Waals surface area contributed by atoms with Crippen molar-refractivity contribution in [3.05, 3.63) is 39.3 Å². The number of aryl methyl sites for hydroxylation is 1. The zero-order chi connectivity index (χ0) is 13.8. The standard InChI is InChI=1S/C12H15BrClN5/c1-3-5-16-10(8-4-6-15-7-9(8)14)11-12(13)17-18-19(11)2/h4,6-7,10,16H,3,5H2,1-2H3. The molecule has 2 heterocycles. The highest BCUT2D eigenvalue weighted by Gasteiger charge is 2.23. The van der Waals surface area contributed by atoms with E-state index in [0.29, 0.717) is 5.02 Å². The molecule has 0 aliphatic rings. The van der Waals surface area contributed by atoms with Crippen molar-refractivity contribution in [2.24, 2.45) is 7.05 Å². The largest absolute Gasteiger partial charge is 0.305 e. The summed E-state index contributed by atoms with van der Waals surface area (Å²) in [6.07, 6.45) is 4.41. The van der Waals surface area contributed by atoms with E-state index in [0.717, 1.165) is 28.8 Å². The first kappa shape index (κ1) is 14.4. The molecule has 1 unspecified atom stereocenters. The maximum absolute atomic E-state index is 6.25. The Kier molecular flexibility index (Phi) is 4.90. The Morgan fingerprint density at radius 1 is 1.53 bits per heavy atom. The molecule has 2 aromatic rings. The van der Waals surface area contributed by atoms with E-state index < -0.39 is 0 Å². The summed E-state index contributed by atoms with van der Waals surface area (Å²) in [6, 6.07) is 1.85. The Morgan fingerprint density at radius 2 is 2.32 bits per heavy atom. The number of rotatable bonds is 5. The third kappa shape index (κ3) is 3.13. The number of nitrogens with one attached hydrogen (secondary N) is 1. The van der Waals surface area contributed by atoms with Gasteiger partial charge in [-0.25, -0.2) is 4.68 Å². The lowest BCUT2D eigenvalue weighted by Gasteiger charge is -2.20. The topological polar surface area (TPSA) is 55.6 Å². The van der Waals surface area contributed by atoms with Crippen molar-refractivity contribution in [2.75, 3.05) is 6.54 Å². The van der Waals surface area contributed by atoms with Crippen molar-refractivity contribution < 1.29 is 0 Å². The zero-order valence-corrected chi connectivity index (χ0v) is 13.1. The summed E-state index contributed by atoms with van der Waals surface area (Å²) in [5.41, 5.74) is 1.91. The lowest BCUT2D eigenvalue weighted by molar-refractivity contribution is 0.549. The molecule has 2 rings (SSSR count). The van der Waals surface area contributed by atoms with Gasteiger partial charge >= 0.3 is 0 Å². The van der Waals surface area contributed by atoms with Gasteiger partial charge in [0.15, 0.2) is 4.60 Å². The van der Waals surface area contributed by atoms with Gasteiger partial charge in [-0.05, 0) is 40.5 Å². The summed E-state index contributed by atoms with van der Waals surface area (Å²) in [5.74, 6) is 0. The second kappa shape index (κ2) is 6.45. The van der Waals surface area contributed by atoms with E-state index in [1.54, 1.807) is 17.1 Å². The Bertz CT molecular complexity index is 537. The van der Waals surface area contributed by atoms with Crippen LogP contribution in [-0.2, 0) is 7.05 Å². The van der Waals surface area contributed by atoms with Crippen LogP contribution in [0.3, 0.4) is 0 Å². The van der Waals surface area contributed by atoms with Crippen molar-refractivity contribution in [3.63, 3.8) is 0 Å². The van der Waals surface area contributed by atoms with Crippen LogP contribution in [0.5, 0.6) is 0 Å². The number of pyridine rings is 1. The summed E-state index contributed by atoms with van der Waals surface area (Å²) in [7, 11) is 1.86. The van der Waals surface area contributed by atoms with Crippen molar-refractivity contribution >= 4 is 27.5 Å². The van der Waals surface area contributed by atoms with Crippen molar-refractivity contribution in [1.82, 2.24) is 25.3 Å². The van der Waals surface area contributed by atoms with E-state index in [4.69, 9.17) is 11.6 Å².